The average Bonchev–Trinajstić information content (AvgIpc) is 2.89. The molecule has 4 N–H and O–H groups in total. The van der Waals surface area contributed by atoms with Gasteiger partial charge in [0.1, 0.15) is 6.33 Å². The van der Waals surface area contributed by atoms with Gasteiger partial charge in [0.15, 0.2) is 5.16 Å². The van der Waals surface area contributed by atoms with Crippen LogP contribution in [0.3, 0.4) is 0 Å². The molecule has 0 atom stereocenters. The fourth-order valence-corrected chi connectivity index (χ4v) is 2.13. The molecule has 0 unspecified atom stereocenters. The second-order valence-electron chi connectivity index (χ2n) is 3.32. The Morgan fingerprint density at radius 2 is 2.39 bits per heavy atom. The number of nitrogen functional groups attached to an aromatic ring is 1. The van der Waals surface area contributed by atoms with E-state index in [1.54, 1.807) is 6.07 Å². The first-order valence-corrected chi connectivity index (χ1v) is 5.91. The fraction of sp³-hybridized carbons (Fsp3) is 0.111. The minimum absolute atomic E-state index is 0.0298. The molecule has 0 saturated carbocycles. The van der Waals surface area contributed by atoms with Crippen molar-refractivity contribution >= 4 is 23.1 Å². The molecule has 18 heavy (non-hydrogen) atoms. The molecule has 0 aliphatic heterocycles. The summed E-state index contributed by atoms with van der Waals surface area (Å²) in [6, 6.07) is 4.46. The maximum absolute atomic E-state index is 10.7. The van der Waals surface area contributed by atoms with Crippen molar-refractivity contribution in [2.45, 2.75) is 10.9 Å². The first kappa shape index (κ1) is 12.3. The number of anilines is 1. The van der Waals surface area contributed by atoms with Crippen LogP contribution in [0, 0.1) is 10.1 Å². The van der Waals surface area contributed by atoms with Crippen LogP contribution in [-0.2, 0) is 5.75 Å². The van der Waals surface area contributed by atoms with Crippen molar-refractivity contribution in [3.05, 3.63) is 40.2 Å². The predicted molar refractivity (Wildman–Crippen MR) is 66.9 cm³/mol. The molecule has 94 valence electrons. The number of hydrogen-bond acceptors (Lipinski definition) is 7. The minimum Gasteiger partial charge on any atom is -0.324 e. The van der Waals surface area contributed by atoms with Gasteiger partial charge < -0.3 is 5.43 Å². The Morgan fingerprint density at radius 1 is 1.56 bits per heavy atom. The second kappa shape index (κ2) is 5.47. The molecule has 1 heterocycles. The lowest BCUT2D eigenvalue weighted by Crippen LogP contribution is -2.09. The van der Waals surface area contributed by atoms with Crippen molar-refractivity contribution in [1.29, 1.82) is 0 Å². The van der Waals surface area contributed by atoms with E-state index in [9.17, 15) is 10.1 Å². The molecule has 9 heteroatoms. The van der Waals surface area contributed by atoms with Gasteiger partial charge in [-0.05, 0) is 11.6 Å². The number of nitro benzene ring substituents is 1. The van der Waals surface area contributed by atoms with Gasteiger partial charge >= 0.3 is 0 Å². The van der Waals surface area contributed by atoms with Crippen molar-refractivity contribution < 1.29 is 4.92 Å². The van der Waals surface area contributed by atoms with Crippen LogP contribution >= 0.6 is 11.8 Å². The molecule has 0 radical (unpaired) electrons. The van der Waals surface area contributed by atoms with Crippen molar-refractivity contribution in [1.82, 2.24) is 15.2 Å². The first-order chi connectivity index (χ1) is 8.70. The Bertz CT molecular complexity index is 544. The quantitative estimate of drug-likeness (QED) is 0.322. The molecule has 0 spiro atoms. The van der Waals surface area contributed by atoms with E-state index in [0.717, 1.165) is 5.56 Å². The predicted octanol–water partition coefficient (Wildman–Crippen LogP) is 1.29. The summed E-state index contributed by atoms with van der Waals surface area (Å²) in [5.41, 5.74) is 3.92. The lowest BCUT2D eigenvalue weighted by atomic mass is 10.2. The Hall–Kier alpha value is -2.13. The zero-order valence-corrected chi connectivity index (χ0v) is 9.98. The number of rotatable bonds is 5. The molecule has 0 amide bonds. The summed E-state index contributed by atoms with van der Waals surface area (Å²) in [5.74, 6) is 5.86. The highest BCUT2D eigenvalue weighted by Crippen LogP contribution is 2.27. The van der Waals surface area contributed by atoms with Crippen LogP contribution in [0.25, 0.3) is 0 Å². The Kier molecular flexibility index (Phi) is 3.75. The van der Waals surface area contributed by atoms with Crippen molar-refractivity contribution in [3.63, 3.8) is 0 Å². The highest BCUT2D eigenvalue weighted by Gasteiger charge is 2.11. The van der Waals surface area contributed by atoms with Crippen LogP contribution in [0.15, 0.2) is 29.7 Å². The highest BCUT2D eigenvalue weighted by molar-refractivity contribution is 7.98. The van der Waals surface area contributed by atoms with E-state index in [0.29, 0.717) is 16.6 Å². The number of nitrogens with zero attached hydrogens (tertiary/aromatic N) is 3. The molecule has 8 nitrogen and oxygen atoms in total. The molecule has 0 aliphatic carbocycles. The lowest BCUT2D eigenvalue weighted by Gasteiger charge is -2.07. The summed E-state index contributed by atoms with van der Waals surface area (Å²) in [5, 5.41) is 17.8. The van der Waals surface area contributed by atoms with Gasteiger partial charge in [-0.1, -0.05) is 11.8 Å². The molecule has 0 saturated heterocycles. The third kappa shape index (κ3) is 2.76. The molecule has 1 aromatic carbocycles. The molecular weight excluding hydrogens is 256 g/mol. The van der Waals surface area contributed by atoms with Crippen LogP contribution in [0.2, 0.25) is 0 Å². The normalized spacial score (nSPS) is 10.3. The maximum Gasteiger partial charge on any atom is 0.269 e. The fourth-order valence-electron chi connectivity index (χ4n) is 1.36. The number of nitrogens with two attached hydrogens (primary N) is 1. The third-order valence-electron chi connectivity index (χ3n) is 2.21. The van der Waals surface area contributed by atoms with Crippen LogP contribution in [0.5, 0.6) is 0 Å². The summed E-state index contributed by atoms with van der Waals surface area (Å²) < 4.78 is 0. The Balaban J connectivity index is 2.18. The maximum atomic E-state index is 10.7. The van der Waals surface area contributed by atoms with E-state index in [-0.39, 0.29) is 5.69 Å². The number of thioether (sulfide) groups is 1. The van der Waals surface area contributed by atoms with Gasteiger partial charge in [0.05, 0.1) is 10.6 Å². The number of nitrogens with one attached hydrogen (secondary N) is 2. The summed E-state index contributed by atoms with van der Waals surface area (Å²) >= 11 is 1.38. The van der Waals surface area contributed by atoms with E-state index in [2.05, 4.69) is 20.6 Å². The van der Waals surface area contributed by atoms with Gasteiger partial charge in [-0.2, -0.15) is 5.10 Å². The summed E-state index contributed by atoms with van der Waals surface area (Å²) in [6.07, 6.45) is 1.40. The SMILES string of the molecule is NNc1ccc([N+](=O)[O-])cc1CSc1ncn[nH]1. The Labute approximate surface area is 106 Å². The largest absolute Gasteiger partial charge is 0.324 e. The number of aromatic amines is 1. The standard InChI is InChI=1S/C9H10N6O2S/c10-13-8-2-1-7(15(16)17)3-6(8)4-18-9-11-5-12-14-9/h1-3,5,13H,4,10H2,(H,11,12,14). The zero-order valence-electron chi connectivity index (χ0n) is 9.16. The van der Waals surface area contributed by atoms with Gasteiger partial charge in [0, 0.05) is 17.9 Å². The van der Waals surface area contributed by atoms with Crippen LogP contribution < -0.4 is 11.3 Å². The molecule has 0 fully saturated rings. The van der Waals surface area contributed by atoms with E-state index >= 15 is 0 Å². The average molecular weight is 266 g/mol. The van der Waals surface area contributed by atoms with E-state index < -0.39 is 4.92 Å². The van der Waals surface area contributed by atoms with Gasteiger partial charge in [-0.25, -0.2) is 4.98 Å². The number of hydrazine groups is 1. The number of hydrogen-bond donors (Lipinski definition) is 3. The van der Waals surface area contributed by atoms with Crippen molar-refractivity contribution in [3.8, 4) is 0 Å². The van der Waals surface area contributed by atoms with Gasteiger partial charge in [0.2, 0.25) is 0 Å². The van der Waals surface area contributed by atoms with E-state index in [1.807, 2.05) is 0 Å². The van der Waals surface area contributed by atoms with E-state index in [1.165, 1.54) is 30.2 Å². The summed E-state index contributed by atoms with van der Waals surface area (Å²) in [7, 11) is 0. The third-order valence-corrected chi connectivity index (χ3v) is 3.14. The molecule has 0 bridgehead atoms. The second-order valence-corrected chi connectivity index (χ2v) is 4.29. The Morgan fingerprint density at radius 3 is 3.00 bits per heavy atom. The van der Waals surface area contributed by atoms with Gasteiger partial charge in [-0.3, -0.25) is 21.1 Å². The molecular formula is C9H10N6O2S. The zero-order chi connectivity index (χ0) is 13.0. The topological polar surface area (TPSA) is 123 Å². The summed E-state index contributed by atoms with van der Waals surface area (Å²) in [4.78, 5) is 14.2. The van der Waals surface area contributed by atoms with Gasteiger partial charge in [0.25, 0.3) is 5.69 Å². The van der Waals surface area contributed by atoms with Crippen LogP contribution in [0.4, 0.5) is 11.4 Å². The molecule has 2 aromatic rings. The number of aromatic nitrogens is 3. The number of H-pyrrole nitrogens is 1. The number of benzene rings is 1. The van der Waals surface area contributed by atoms with E-state index in [4.69, 9.17) is 5.84 Å². The van der Waals surface area contributed by atoms with Crippen molar-refractivity contribution in [2.75, 3.05) is 5.43 Å². The number of nitro groups is 1. The first-order valence-electron chi connectivity index (χ1n) is 4.93. The lowest BCUT2D eigenvalue weighted by molar-refractivity contribution is -0.384. The summed E-state index contributed by atoms with van der Waals surface area (Å²) in [6.45, 7) is 0. The monoisotopic (exact) mass is 266 g/mol. The molecule has 2 rings (SSSR count). The van der Waals surface area contributed by atoms with Crippen molar-refractivity contribution in [2.24, 2.45) is 5.84 Å². The van der Waals surface area contributed by atoms with Crippen LogP contribution in [0.1, 0.15) is 5.56 Å². The van der Waals surface area contributed by atoms with Gasteiger partial charge in [-0.15, -0.1) is 0 Å². The molecule has 1 aromatic heterocycles. The molecule has 0 aliphatic rings. The van der Waals surface area contributed by atoms with Crippen LogP contribution in [-0.4, -0.2) is 20.1 Å². The minimum atomic E-state index is -0.442. The number of non-ortho nitro benzene ring substituents is 1. The highest BCUT2D eigenvalue weighted by atomic mass is 32.2. The smallest absolute Gasteiger partial charge is 0.269 e.